The first kappa shape index (κ1) is 14.9. The number of rotatable bonds is 4. The maximum absolute atomic E-state index is 6.21. The van der Waals surface area contributed by atoms with Crippen molar-refractivity contribution in [3.63, 3.8) is 0 Å². The van der Waals surface area contributed by atoms with Gasteiger partial charge >= 0.3 is 0 Å². The Morgan fingerprint density at radius 1 is 1.00 bits per heavy atom. The quantitative estimate of drug-likeness (QED) is 0.813. The molecular weight excluding hydrogens is 345 g/mol. The van der Waals surface area contributed by atoms with Crippen LogP contribution in [0, 0.1) is 0 Å². The van der Waals surface area contributed by atoms with Crippen molar-refractivity contribution in [1.82, 2.24) is 0 Å². The van der Waals surface area contributed by atoms with Crippen molar-refractivity contribution in [2.75, 3.05) is 6.54 Å². The molecule has 0 heterocycles. The average molecular weight is 359 g/mol. The van der Waals surface area contributed by atoms with E-state index in [1.54, 1.807) is 0 Å². The summed E-state index contributed by atoms with van der Waals surface area (Å²) >= 11 is 15.9. The Kier molecular flexibility index (Phi) is 5.28. The fourth-order valence-electron chi connectivity index (χ4n) is 2.05. The lowest BCUT2D eigenvalue weighted by molar-refractivity contribution is 0.694. The molecule has 2 aromatic carbocycles. The molecule has 0 aliphatic rings. The Balaban J connectivity index is 2.26. The van der Waals surface area contributed by atoms with E-state index in [4.69, 9.17) is 28.9 Å². The molecule has 0 fully saturated rings. The highest BCUT2D eigenvalue weighted by Crippen LogP contribution is 2.30. The van der Waals surface area contributed by atoms with E-state index >= 15 is 0 Å². The molecule has 0 bridgehead atoms. The molecule has 1 nitrogen and oxygen atoms in total. The Hall–Kier alpha value is -0.540. The summed E-state index contributed by atoms with van der Waals surface area (Å²) in [6.45, 7) is 0.559. The van der Waals surface area contributed by atoms with Crippen molar-refractivity contribution >= 4 is 39.1 Å². The summed E-state index contributed by atoms with van der Waals surface area (Å²) < 4.78 is 1.06. The fourth-order valence-corrected chi connectivity index (χ4v) is 2.86. The van der Waals surface area contributed by atoms with E-state index < -0.39 is 0 Å². The minimum Gasteiger partial charge on any atom is -0.330 e. The summed E-state index contributed by atoms with van der Waals surface area (Å²) in [5, 5.41) is 1.39. The lowest BCUT2D eigenvalue weighted by Gasteiger charge is -2.17. The standard InChI is InChI=1S/C15H14BrCl2N/c16-12-6-4-10(5-7-12)11(9-19)8-13-14(17)2-1-3-15(13)18/h1-7,11H,8-9,19H2. The highest BCUT2D eigenvalue weighted by molar-refractivity contribution is 9.10. The SMILES string of the molecule is NCC(Cc1c(Cl)cccc1Cl)c1ccc(Br)cc1. The van der Waals surface area contributed by atoms with Gasteiger partial charge in [0.05, 0.1) is 0 Å². The molecule has 1 atom stereocenters. The lowest BCUT2D eigenvalue weighted by atomic mass is 9.92. The molecular formula is C15H14BrCl2N. The van der Waals surface area contributed by atoms with Crippen LogP contribution in [0.2, 0.25) is 10.0 Å². The molecule has 0 radical (unpaired) electrons. The zero-order valence-electron chi connectivity index (χ0n) is 10.2. The van der Waals surface area contributed by atoms with Gasteiger partial charge in [0.15, 0.2) is 0 Å². The maximum atomic E-state index is 6.21. The summed E-state index contributed by atoms with van der Waals surface area (Å²) in [5.41, 5.74) is 8.05. The van der Waals surface area contributed by atoms with Crippen molar-refractivity contribution in [1.29, 1.82) is 0 Å². The summed E-state index contributed by atoms with van der Waals surface area (Å²) in [4.78, 5) is 0. The number of benzene rings is 2. The first-order valence-corrected chi connectivity index (χ1v) is 7.55. The van der Waals surface area contributed by atoms with E-state index in [0.717, 1.165) is 16.5 Å². The van der Waals surface area contributed by atoms with Crippen LogP contribution >= 0.6 is 39.1 Å². The lowest BCUT2D eigenvalue weighted by Crippen LogP contribution is -2.15. The van der Waals surface area contributed by atoms with Crippen molar-refractivity contribution in [2.24, 2.45) is 5.73 Å². The van der Waals surface area contributed by atoms with E-state index in [-0.39, 0.29) is 5.92 Å². The highest BCUT2D eigenvalue weighted by Gasteiger charge is 2.14. The molecule has 0 aliphatic carbocycles. The van der Waals surface area contributed by atoms with Gasteiger partial charge in [0.1, 0.15) is 0 Å². The Morgan fingerprint density at radius 3 is 2.11 bits per heavy atom. The Morgan fingerprint density at radius 2 is 1.58 bits per heavy atom. The minimum absolute atomic E-state index is 0.213. The van der Waals surface area contributed by atoms with Gasteiger partial charge in [0, 0.05) is 20.4 Å². The first-order chi connectivity index (χ1) is 9.11. The molecule has 0 saturated heterocycles. The molecule has 0 saturated carbocycles. The second-order valence-corrected chi connectivity index (χ2v) is 6.12. The van der Waals surface area contributed by atoms with Gasteiger partial charge in [0.2, 0.25) is 0 Å². The maximum Gasteiger partial charge on any atom is 0.0453 e. The zero-order chi connectivity index (χ0) is 13.8. The second-order valence-electron chi connectivity index (χ2n) is 4.39. The molecule has 2 N–H and O–H groups in total. The molecule has 0 amide bonds. The van der Waals surface area contributed by atoms with E-state index in [1.165, 1.54) is 5.56 Å². The van der Waals surface area contributed by atoms with Crippen LogP contribution < -0.4 is 5.73 Å². The summed E-state index contributed by atoms with van der Waals surface area (Å²) in [7, 11) is 0. The molecule has 2 rings (SSSR count). The van der Waals surface area contributed by atoms with Crippen molar-refractivity contribution in [3.05, 3.63) is 68.1 Å². The topological polar surface area (TPSA) is 26.0 Å². The summed E-state index contributed by atoms with van der Waals surface area (Å²) in [6, 6.07) is 13.8. The average Bonchev–Trinajstić information content (AvgIpc) is 2.40. The van der Waals surface area contributed by atoms with Crippen LogP contribution in [0.25, 0.3) is 0 Å². The zero-order valence-corrected chi connectivity index (χ0v) is 13.3. The van der Waals surface area contributed by atoms with Gasteiger partial charge < -0.3 is 5.73 Å². The van der Waals surface area contributed by atoms with Gasteiger partial charge in [-0.3, -0.25) is 0 Å². The van der Waals surface area contributed by atoms with E-state index in [1.807, 2.05) is 30.3 Å². The number of nitrogens with two attached hydrogens (primary N) is 1. The van der Waals surface area contributed by atoms with E-state index in [9.17, 15) is 0 Å². The van der Waals surface area contributed by atoms with Crippen LogP contribution in [0.1, 0.15) is 17.0 Å². The summed E-state index contributed by atoms with van der Waals surface area (Å²) in [5.74, 6) is 0.213. The third-order valence-corrected chi connectivity index (χ3v) is 4.38. The molecule has 4 heteroatoms. The molecule has 0 aromatic heterocycles. The molecule has 1 unspecified atom stereocenters. The highest BCUT2D eigenvalue weighted by atomic mass is 79.9. The molecule has 19 heavy (non-hydrogen) atoms. The van der Waals surface area contributed by atoms with Gasteiger partial charge in [-0.15, -0.1) is 0 Å². The predicted octanol–water partition coefficient (Wildman–Crippen LogP) is 5.04. The third-order valence-electron chi connectivity index (χ3n) is 3.14. The fraction of sp³-hybridized carbons (Fsp3) is 0.200. The normalized spacial score (nSPS) is 12.4. The monoisotopic (exact) mass is 357 g/mol. The van der Waals surface area contributed by atoms with Gasteiger partial charge in [-0.1, -0.05) is 57.3 Å². The third kappa shape index (κ3) is 3.73. The van der Waals surface area contributed by atoms with E-state index in [2.05, 4.69) is 28.1 Å². The Labute approximate surface area is 131 Å². The van der Waals surface area contributed by atoms with Crippen LogP contribution in [-0.4, -0.2) is 6.54 Å². The van der Waals surface area contributed by atoms with Gasteiger partial charge in [-0.05, 0) is 48.4 Å². The van der Waals surface area contributed by atoms with Crippen LogP contribution in [-0.2, 0) is 6.42 Å². The van der Waals surface area contributed by atoms with E-state index in [0.29, 0.717) is 16.6 Å². The minimum atomic E-state index is 0.213. The predicted molar refractivity (Wildman–Crippen MR) is 86.1 cm³/mol. The second kappa shape index (κ2) is 6.76. The molecule has 0 aliphatic heterocycles. The van der Waals surface area contributed by atoms with Crippen LogP contribution in [0.5, 0.6) is 0 Å². The number of hydrogen-bond donors (Lipinski definition) is 1. The molecule has 100 valence electrons. The number of hydrogen-bond acceptors (Lipinski definition) is 1. The first-order valence-electron chi connectivity index (χ1n) is 6.00. The Bertz CT molecular complexity index is 534. The van der Waals surface area contributed by atoms with Gasteiger partial charge in [-0.25, -0.2) is 0 Å². The van der Waals surface area contributed by atoms with Crippen LogP contribution in [0.3, 0.4) is 0 Å². The van der Waals surface area contributed by atoms with Crippen molar-refractivity contribution in [3.8, 4) is 0 Å². The van der Waals surface area contributed by atoms with Crippen molar-refractivity contribution < 1.29 is 0 Å². The largest absolute Gasteiger partial charge is 0.330 e. The van der Waals surface area contributed by atoms with Gasteiger partial charge in [0.25, 0.3) is 0 Å². The molecule has 0 spiro atoms. The number of halogens is 3. The van der Waals surface area contributed by atoms with Gasteiger partial charge in [-0.2, -0.15) is 0 Å². The summed E-state index contributed by atoms with van der Waals surface area (Å²) in [6.07, 6.45) is 0.747. The van der Waals surface area contributed by atoms with Crippen LogP contribution in [0.4, 0.5) is 0 Å². The smallest absolute Gasteiger partial charge is 0.0453 e. The van der Waals surface area contributed by atoms with Crippen LogP contribution in [0.15, 0.2) is 46.9 Å². The van der Waals surface area contributed by atoms with Crippen molar-refractivity contribution in [2.45, 2.75) is 12.3 Å². The molecule has 2 aromatic rings.